The van der Waals surface area contributed by atoms with E-state index in [9.17, 15) is 4.79 Å². The summed E-state index contributed by atoms with van der Waals surface area (Å²) in [5, 5.41) is 7.70. The molecule has 4 rings (SSSR count). The van der Waals surface area contributed by atoms with Crippen molar-refractivity contribution in [3.05, 3.63) is 59.2 Å². The number of hydrogen-bond acceptors (Lipinski definition) is 6. The Morgan fingerprint density at radius 1 is 1.18 bits per heavy atom. The molecule has 1 aliphatic heterocycles. The van der Waals surface area contributed by atoms with Crippen molar-refractivity contribution < 1.29 is 19.0 Å². The quantitative estimate of drug-likeness (QED) is 0.540. The van der Waals surface area contributed by atoms with Crippen molar-refractivity contribution >= 4 is 23.2 Å². The van der Waals surface area contributed by atoms with Crippen LogP contribution in [0.25, 0.3) is 11.3 Å². The molecule has 1 aromatic heterocycles. The van der Waals surface area contributed by atoms with Crippen molar-refractivity contribution in [2.45, 2.75) is 0 Å². The summed E-state index contributed by atoms with van der Waals surface area (Å²) in [6.07, 6.45) is 1.59. The molecular formula is C24H27ClN4O4. The minimum Gasteiger partial charge on any atom is -0.497 e. The number of carbonyl (C=O) groups is 1. The van der Waals surface area contributed by atoms with E-state index in [4.69, 9.17) is 25.8 Å². The second-order valence-electron chi connectivity index (χ2n) is 7.66. The summed E-state index contributed by atoms with van der Waals surface area (Å²) in [6.45, 7) is 4.63. The zero-order valence-corrected chi connectivity index (χ0v) is 19.5. The number of aromatic nitrogens is 2. The molecule has 8 nitrogen and oxygen atoms in total. The number of aryl methyl sites for hydroxylation is 1. The van der Waals surface area contributed by atoms with Crippen LogP contribution in [-0.4, -0.2) is 67.2 Å². The number of nitrogens with one attached hydrogen (secondary N) is 1. The van der Waals surface area contributed by atoms with Gasteiger partial charge >= 0.3 is 0 Å². The van der Waals surface area contributed by atoms with Gasteiger partial charge in [-0.2, -0.15) is 5.10 Å². The predicted molar refractivity (Wildman–Crippen MR) is 127 cm³/mol. The summed E-state index contributed by atoms with van der Waals surface area (Å²) in [6, 6.07) is 12.5. The first-order valence-corrected chi connectivity index (χ1v) is 11.1. The molecule has 0 unspecified atom stereocenters. The van der Waals surface area contributed by atoms with Crippen molar-refractivity contribution in [2.24, 2.45) is 7.05 Å². The Kier molecular flexibility index (Phi) is 7.49. The van der Waals surface area contributed by atoms with Gasteiger partial charge in [-0.25, -0.2) is 0 Å². The molecule has 2 aromatic carbocycles. The van der Waals surface area contributed by atoms with Gasteiger partial charge in [-0.15, -0.1) is 0 Å². The highest BCUT2D eigenvalue weighted by molar-refractivity contribution is 6.33. The molecule has 3 aromatic rings. The molecule has 0 atom stereocenters. The van der Waals surface area contributed by atoms with Gasteiger partial charge < -0.3 is 19.5 Å². The van der Waals surface area contributed by atoms with Crippen LogP contribution in [0.5, 0.6) is 11.5 Å². The molecule has 1 N–H and O–H groups in total. The molecule has 0 radical (unpaired) electrons. The van der Waals surface area contributed by atoms with E-state index < -0.39 is 0 Å². The zero-order valence-electron chi connectivity index (χ0n) is 18.7. The van der Waals surface area contributed by atoms with Crippen LogP contribution < -0.4 is 14.8 Å². The van der Waals surface area contributed by atoms with Crippen LogP contribution >= 0.6 is 11.6 Å². The Hall–Kier alpha value is -3.07. The highest BCUT2D eigenvalue weighted by Crippen LogP contribution is 2.36. The molecular weight excluding hydrogens is 444 g/mol. The average Bonchev–Trinajstić information content (AvgIpc) is 3.18. The summed E-state index contributed by atoms with van der Waals surface area (Å²) in [4.78, 5) is 15.0. The minimum atomic E-state index is -0.222. The molecule has 1 saturated heterocycles. The van der Waals surface area contributed by atoms with Crippen LogP contribution in [0, 0.1) is 0 Å². The normalized spacial score (nSPS) is 14.2. The first kappa shape index (κ1) is 23.1. The van der Waals surface area contributed by atoms with E-state index in [1.165, 1.54) is 0 Å². The Bertz CT molecular complexity index is 1070. The molecule has 2 heterocycles. The van der Waals surface area contributed by atoms with Crippen molar-refractivity contribution in [2.75, 3.05) is 51.9 Å². The average molecular weight is 471 g/mol. The lowest BCUT2D eigenvalue weighted by Crippen LogP contribution is -2.38. The van der Waals surface area contributed by atoms with Gasteiger partial charge in [0.15, 0.2) is 0 Å². The number of halogens is 1. The number of morpholine rings is 1. The van der Waals surface area contributed by atoms with Crippen LogP contribution in [0.1, 0.15) is 10.4 Å². The molecule has 0 bridgehead atoms. The molecule has 174 valence electrons. The number of nitrogens with zero attached hydrogens (tertiary/aromatic N) is 3. The molecule has 0 aliphatic carbocycles. The SMILES string of the molecule is COc1ccc(C(=O)Nc2ccc(OCCN3CCOCC3)c(-c3c(Cl)cnn3C)c2)cc1. The van der Waals surface area contributed by atoms with E-state index in [-0.39, 0.29) is 5.91 Å². The highest BCUT2D eigenvalue weighted by atomic mass is 35.5. The summed E-state index contributed by atoms with van der Waals surface area (Å²) in [5.74, 6) is 1.15. The first-order chi connectivity index (χ1) is 16.0. The number of ether oxygens (including phenoxy) is 3. The summed E-state index contributed by atoms with van der Waals surface area (Å²) < 4.78 is 18.4. The van der Waals surface area contributed by atoms with E-state index in [0.717, 1.165) is 44.1 Å². The molecule has 1 aliphatic rings. The lowest BCUT2D eigenvalue weighted by Gasteiger charge is -2.26. The standard InChI is InChI=1S/C24H27ClN4O4/c1-28-23(21(25)16-26-28)20-15-18(27-24(30)17-3-6-19(31-2)7-4-17)5-8-22(20)33-14-11-29-9-12-32-13-10-29/h3-8,15-16H,9-14H2,1-2H3,(H,27,30). The Morgan fingerprint density at radius 3 is 2.61 bits per heavy atom. The van der Waals surface area contributed by atoms with Gasteiger partial charge in [-0.05, 0) is 42.5 Å². The van der Waals surface area contributed by atoms with E-state index in [2.05, 4.69) is 15.3 Å². The summed E-state index contributed by atoms with van der Waals surface area (Å²) in [5.41, 5.74) is 2.64. The number of hydrogen-bond donors (Lipinski definition) is 1. The van der Waals surface area contributed by atoms with Gasteiger partial charge in [0.05, 0.1) is 37.2 Å². The fraction of sp³-hybridized carbons (Fsp3) is 0.333. The van der Waals surface area contributed by atoms with E-state index >= 15 is 0 Å². The molecule has 0 saturated carbocycles. The predicted octanol–water partition coefficient (Wildman–Crippen LogP) is 3.71. The van der Waals surface area contributed by atoms with Gasteiger partial charge in [-0.3, -0.25) is 14.4 Å². The molecule has 0 spiro atoms. The molecule has 1 fully saturated rings. The van der Waals surface area contributed by atoms with Crippen molar-refractivity contribution in [1.82, 2.24) is 14.7 Å². The first-order valence-electron chi connectivity index (χ1n) is 10.8. The number of benzene rings is 2. The van der Waals surface area contributed by atoms with Crippen molar-refractivity contribution in [3.63, 3.8) is 0 Å². The van der Waals surface area contributed by atoms with Crippen LogP contribution in [-0.2, 0) is 11.8 Å². The van der Waals surface area contributed by atoms with Crippen LogP contribution in [0.4, 0.5) is 5.69 Å². The highest BCUT2D eigenvalue weighted by Gasteiger charge is 2.17. The maximum Gasteiger partial charge on any atom is 0.255 e. The third-order valence-electron chi connectivity index (χ3n) is 5.51. The Morgan fingerprint density at radius 2 is 1.94 bits per heavy atom. The number of methoxy groups -OCH3 is 1. The molecule has 9 heteroatoms. The molecule has 33 heavy (non-hydrogen) atoms. The monoisotopic (exact) mass is 470 g/mol. The largest absolute Gasteiger partial charge is 0.497 e. The maximum absolute atomic E-state index is 12.7. The van der Waals surface area contributed by atoms with Crippen molar-refractivity contribution in [1.29, 1.82) is 0 Å². The van der Waals surface area contributed by atoms with E-state index in [0.29, 0.717) is 34.4 Å². The Labute approximate surface area is 198 Å². The second-order valence-corrected chi connectivity index (χ2v) is 8.07. The third kappa shape index (κ3) is 5.65. The number of amides is 1. The summed E-state index contributed by atoms with van der Waals surface area (Å²) >= 11 is 6.43. The van der Waals surface area contributed by atoms with Crippen LogP contribution in [0.15, 0.2) is 48.7 Å². The summed E-state index contributed by atoms with van der Waals surface area (Å²) in [7, 11) is 3.41. The minimum absolute atomic E-state index is 0.222. The van der Waals surface area contributed by atoms with Gasteiger partial charge in [0.2, 0.25) is 0 Å². The molecule has 1 amide bonds. The third-order valence-corrected chi connectivity index (χ3v) is 5.78. The van der Waals surface area contributed by atoms with Crippen molar-refractivity contribution in [3.8, 4) is 22.8 Å². The van der Waals surface area contributed by atoms with Gasteiger partial charge in [0.1, 0.15) is 18.1 Å². The Balaban J connectivity index is 1.53. The number of carbonyl (C=O) groups excluding carboxylic acids is 1. The topological polar surface area (TPSA) is 77.8 Å². The van der Waals surface area contributed by atoms with Crippen LogP contribution in [0.3, 0.4) is 0 Å². The number of anilines is 1. The number of rotatable bonds is 8. The van der Waals surface area contributed by atoms with E-state index in [1.54, 1.807) is 42.3 Å². The lowest BCUT2D eigenvalue weighted by atomic mass is 10.1. The van der Waals surface area contributed by atoms with E-state index in [1.807, 2.05) is 25.2 Å². The maximum atomic E-state index is 12.7. The fourth-order valence-electron chi connectivity index (χ4n) is 3.69. The second kappa shape index (κ2) is 10.7. The smallest absolute Gasteiger partial charge is 0.255 e. The van der Waals surface area contributed by atoms with Gasteiger partial charge in [0, 0.05) is 43.5 Å². The van der Waals surface area contributed by atoms with Gasteiger partial charge in [-0.1, -0.05) is 11.6 Å². The zero-order chi connectivity index (χ0) is 23.2. The van der Waals surface area contributed by atoms with Crippen LogP contribution in [0.2, 0.25) is 5.02 Å². The van der Waals surface area contributed by atoms with Gasteiger partial charge in [0.25, 0.3) is 5.91 Å². The lowest BCUT2D eigenvalue weighted by molar-refractivity contribution is 0.0323. The fourth-order valence-corrected chi connectivity index (χ4v) is 3.96.